The molecule has 0 aliphatic heterocycles. The van der Waals surface area contributed by atoms with Gasteiger partial charge in [-0.15, -0.1) is 0 Å². The molecule has 84 valence electrons. The first-order valence-corrected chi connectivity index (χ1v) is 5.32. The van der Waals surface area contributed by atoms with Crippen LogP contribution in [0.3, 0.4) is 0 Å². The van der Waals surface area contributed by atoms with E-state index < -0.39 is 0 Å². The van der Waals surface area contributed by atoms with Crippen molar-refractivity contribution in [2.75, 3.05) is 5.32 Å². The maximum absolute atomic E-state index is 9.29. The van der Waals surface area contributed by atoms with Crippen LogP contribution in [0.1, 0.15) is 18.5 Å². The monoisotopic (exact) mass is 237 g/mol. The minimum atomic E-state index is 0.0863. The van der Waals surface area contributed by atoms with Crippen LogP contribution in [-0.4, -0.2) is 5.11 Å². The Bertz CT molecular complexity index is 468. The summed E-state index contributed by atoms with van der Waals surface area (Å²) in [5.74, 6) is 0.0863. The predicted octanol–water partition coefficient (Wildman–Crippen LogP) is 3.81. The number of furan rings is 1. The summed E-state index contributed by atoms with van der Waals surface area (Å²) in [6, 6.07) is 7.05. The molecular formula is C12H12ClNO2. The van der Waals surface area contributed by atoms with Crippen LogP contribution in [0, 0.1) is 0 Å². The lowest BCUT2D eigenvalue weighted by atomic mass is 10.1. The lowest BCUT2D eigenvalue weighted by Crippen LogP contribution is -2.05. The molecule has 1 aromatic carbocycles. The lowest BCUT2D eigenvalue weighted by Gasteiger charge is -2.13. The molecule has 4 heteroatoms. The van der Waals surface area contributed by atoms with Crippen molar-refractivity contribution in [3.63, 3.8) is 0 Å². The lowest BCUT2D eigenvalue weighted by molar-refractivity contribution is 0.475. The van der Waals surface area contributed by atoms with Gasteiger partial charge in [-0.05, 0) is 31.2 Å². The molecule has 1 atom stereocenters. The Balaban J connectivity index is 2.12. The first kappa shape index (κ1) is 10.9. The van der Waals surface area contributed by atoms with E-state index in [0.29, 0.717) is 5.02 Å². The highest BCUT2D eigenvalue weighted by Gasteiger charge is 2.07. The summed E-state index contributed by atoms with van der Waals surface area (Å²) in [7, 11) is 0. The smallest absolute Gasteiger partial charge is 0.134 e. The number of anilines is 1. The molecular weight excluding hydrogens is 226 g/mol. The average molecular weight is 238 g/mol. The first-order valence-electron chi connectivity index (χ1n) is 4.94. The molecule has 0 spiro atoms. The van der Waals surface area contributed by atoms with Gasteiger partial charge >= 0.3 is 0 Å². The van der Waals surface area contributed by atoms with Crippen LogP contribution < -0.4 is 5.32 Å². The number of nitrogens with one attached hydrogen (secondary N) is 1. The number of aromatic hydroxyl groups is 1. The molecule has 16 heavy (non-hydrogen) atoms. The van der Waals surface area contributed by atoms with Crippen molar-refractivity contribution in [2.45, 2.75) is 13.0 Å². The van der Waals surface area contributed by atoms with Crippen molar-refractivity contribution in [1.82, 2.24) is 0 Å². The van der Waals surface area contributed by atoms with Crippen LogP contribution in [0.5, 0.6) is 5.75 Å². The zero-order valence-corrected chi connectivity index (χ0v) is 9.53. The molecule has 1 unspecified atom stereocenters. The van der Waals surface area contributed by atoms with Gasteiger partial charge in [0.25, 0.3) is 0 Å². The standard InChI is InChI=1S/C12H12ClNO2/c1-8(9-4-5-16-7-9)14-10-2-3-12(15)11(13)6-10/h2-8,14-15H,1H3. The molecule has 0 fully saturated rings. The van der Waals surface area contributed by atoms with Gasteiger partial charge in [-0.3, -0.25) is 0 Å². The Kier molecular flexibility index (Phi) is 3.06. The molecule has 2 rings (SSSR count). The number of phenols is 1. The van der Waals surface area contributed by atoms with Gasteiger partial charge in [0.05, 0.1) is 23.6 Å². The van der Waals surface area contributed by atoms with Crippen LogP contribution in [0.15, 0.2) is 41.2 Å². The van der Waals surface area contributed by atoms with E-state index in [1.165, 1.54) is 0 Å². The Morgan fingerprint density at radius 2 is 2.19 bits per heavy atom. The van der Waals surface area contributed by atoms with Crippen LogP contribution in [0.4, 0.5) is 5.69 Å². The predicted molar refractivity (Wildman–Crippen MR) is 63.9 cm³/mol. The number of hydrogen-bond acceptors (Lipinski definition) is 3. The second-order valence-corrected chi connectivity index (χ2v) is 4.00. The van der Waals surface area contributed by atoms with E-state index in [1.54, 1.807) is 30.7 Å². The van der Waals surface area contributed by atoms with Gasteiger partial charge in [0, 0.05) is 11.3 Å². The van der Waals surface area contributed by atoms with Gasteiger partial charge in [0.1, 0.15) is 5.75 Å². The first-order chi connectivity index (χ1) is 7.66. The topological polar surface area (TPSA) is 45.4 Å². The summed E-state index contributed by atoms with van der Waals surface area (Å²) in [6.45, 7) is 2.02. The van der Waals surface area contributed by atoms with Gasteiger partial charge < -0.3 is 14.8 Å². The molecule has 0 bridgehead atoms. The molecule has 0 amide bonds. The summed E-state index contributed by atoms with van der Waals surface area (Å²) in [5, 5.41) is 12.9. The minimum absolute atomic E-state index is 0.0863. The number of hydrogen-bond donors (Lipinski definition) is 2. The molecule has 0 saturated carbocycles. The van der Waals surface area contributed by atoms with Crippen molar-refractivity contribution in [2.24, 2.45) is 0 Å². The normalized spacial score (nSPS) is 12.4. The molecule has 2 N–H and O–H groups in total. The van der Waals surface area contributed by atoms with Gasteiger partial charge in [0.2, 0.25) is 0 Å². The van der Waals surface area contributed by atoms with Crippen molar-refractivity contribution in [3.8, 4) is 5.75 Å². The van der Waals surface area contributed by atoms with E-state index in [-0.39, 0.29) is 11.8 Å². The van der Waals surface area contributed by atoms with Gasteiger partial charge in [0.15, 0.2) is 0 Å². The van der Waals surface area contributed by atoms with E-state index in [1.807, 2.05) is 13.0 Å². The molecule has 3 nitrogen and oxygen atoms in total. The number of phenolic OH excluding ortho intramolecular Hbond substituents is 1. The summed E-state index contributed by atoms with van der Waals surface area (Å²) in [5.41, 5.74) is 1.92. The highest BCUT2D eigenvalue weighted by Crippen LogP contribution is 2.28. The molecule has 0 aliphatic carbocycles. The van der Waals surface area contributed by atoms with Gasteiger partial charge in [-0.1, -0.05) is 11.6 Å². The number of benzene rings is 1. The van der Waals surface area contributed by atoms with E-state index in [2.05, 4.69) is 5.32 Å². The maximum Gasteiger partial charge on any atom is 0.134 e. The molecule has 1 heterocycles. The Hall–Kier alpha value is -1.61. The van der Waals surface area contributed by atoms with Crippen molar-refractivity contribution >= 4 is 17.3 Å². The average Bonchev–Trinajstić information content (AvgIpc) is 2.77. The second kappa shape index (κ2) is 4.49. The quantitative estimate of drug-likeness (QED) is 0.798. The van der Waals surface area contributed by atoms with Crippen LogP contribution >= 0.6 is 11.6 Å². The zero-order valence-electron chi connectivity index (χ0n) is 8.77. The molecule has 0 saturated heterocycles. The molecule has 2 aromatic rings. The fourth-order valence-corrected chi connectivity index (χ4v) is 1.63. The zero-order chi connectivity index (χ0) is 11.5. The van der Waals surface area contributed by atoms with Crippen molar-refractivity contribution < 1.29 is 9.52 Å². The van der Waals surface area contributed by atoms with E-state index >= 15 is 0 Å². The third-order valence-electron chi connectivity index (χ3n) is 2.37. The van der Waals surface area contributed by atoms with Gasteiger partial charge in [-0.2, -0.15) is 0 Å². The molecule has 1 aromatic heterocycles. The van der Waals surface area contributed by atoms with Crippen LogP contribution in [-0.2, 0) is 0 Å². The second-order valence-electron chi connectivity index (χ2n) is 3.59. The van der Waals surface area contributed by atoms with E-state index in [4.69, 9.17) is 16.0 Å². The largest absolute Gasteiger partial charge is 0.506 e. The number of rotatable bonds is 3. The summed E-state index contributed by atoms with van der Waals surface area (Å²) < 4.78 is 5.01. The fraction of sp³-hybridized carbons (Fsp3) is 0.167. The number of halogens is 1. The third-order valence-corrected chi connectivity index (χ3v) is 2.68. The minimum Gasteiger partial charge on any atom is -0.506 e. The van der Waals surface area contributed by atoms with Crippen LogP contribution in [0.2, 0.25) is 5.02 Å². The SMILES string of the molecule is CC(Nc1ccc(O)c(Cl)c1)c1ccoc1. The molecule has 0 radical (unpaired) electrons. The highest BCUT2D eigenvalue weighted by molar-refractivity contribution is 6.32. The Morgan fingerprint density at radius 3 is 2.81 bits per heavy atom. The maximum atomic E-state index is 9.29. The third kappa shape index (κ3) is 2.31. The van der Waals surface area contributed by atoms with Crippen molar-refractivity contribution in [3.05, 3.63) is 47.4 Å². The Morgan fingerprint density at radius 1 is 1.38 bits per heavy atom. The van der Waals surface area contributed by atoms with Crippen LogP contribution in [0.25, 0.3) is 0 Å². The van der Waals surface area contributed by atoms with E-state index in [0.717, 1.165) is 11.3 Å². The summed E-state index contributed by atoms with van der Waals surface area (Å²) in [6.07, 6.45) is 3.33. The highest BCUT2D eigenvalue weighted by atomic mass is 35.5. The summed E-state index contributed by atoms with van der Waals surface area (Å²) >= 11 is 5.81. The van der Waals surface area contributed by atoms with Crippen molar-refractivity contribution in [1.29, 1.82) is 0 Å². The van der Waals surface area contributed by atoms with E-state index in [9.17, 15) is 5.11 Å². The Labute approximate surface area is 98.7 Å². The summed E-state index contributed by atoms with van der Waals surface area (Å²) in [4.78, 5) is 0. The molecule has 0 aliphatic rings. The fourth-order valence-electron chi connectivity index (χ4n) is 1.45. The van der Waals surface area contributed by atoms with Gasteiger partial charge in [-0.25, -0.2) is 0 Å².